The fourth-order valence-corrected chi connectivity index (χ4v) is 3.54. The van der Waals surface area contributed by atoms with E-state index < -0.39 is 0 Å². The molecule has 3 aromatic rings. The molecule has 0 spiro atoms. The highest BCUT2D eigenvalue weighted by Gasteiger charge is 2.16. The minimum absolute atomic E-state index is 0.271. The third-order valence-corrected chi connectivity index (χ3v) is 5.89. The molecule has 6 N–H and O–H groups in total. The van der Waals surface area contributed by atoms with Crippen LogP contribution in [0.4, 0.5) is 22.7 Å². The van der Waals surface area contributed by atoms with Crippen molar-refractivity contribution in [3.05, 3.63) is 80.9 Å². The zero-order valence-electron chi connectivity index (χ0n) is 19.4. The van der Waals surface area contributed by atoms with E-state index in [0.29, 0.717) is 33.9 Å². The predicted molar refractivity (Wildman–Crippen MR) is 132 cm³/mol. The maximum absolute atomic E-state index is 12.8. The summed E-state index contributed by atoms with van der Waals surface area (Å²) in [6, 6.07) is 10.9. The zero-order chi connectivity index (χ0) is 23.7. The Hall–Kier alpha value is -3.80. The summed E-state index contributed by atoms with van der Waals surface area (Å²) in [5.74, 6) is -0.541. The summed E-state index contributed by atoms with van der Waals surface area (Å²) in [4.78, 5) is 25.7. The van der Waals surface area contributed by atoms with Crippen LogP contribution in [0.25, 0.3) is 0 Å². The van der Waals surface area contributed by atoms with Gasteiger partial charge in [0, 0.05) is 22.7 Å². The lowest BCUT2D eigenvalue weighted by atomic mass is 10.0. The SMILES string of the molecule is Cc1cc(N)c(C(=O)Nc2cc(C)c(NC(=O)c3cc(C)c(C)cc3N)cc2C)cc1C. The number of benzene rings is 3. The van der Waals surface area contributed by atoms with E-state index in [4.69, 9.17) is 11.5 Å². The van der Waals surface area contributed by atoms with Gasteiger partial charge in [-0.3, -0.25) is 9.59 Å². The molecular formula is C26H30N4O2. The van der Waals surface area contributed by atoms with E-state index >= 15 is 0 Å². The maximum Gasteiger partial charge on any atom is 0.257 e. The van der Waals surface area contributed by atoms with Crippen LogP contribution in [0.15, 0.2) is 36.4 Å². The van der Waals surface area contributed by atoms with Gasteiger partial charge in [0.1, 0.15) is 0 Å². The minimum atomic E-state index is -0.271. The van der Waals surface area contributed by atoms with E-state index in [9.17, 15) is 9.59 Å². The monoisotopic (exact) mass is 430 g/mol. The summed E-state index contributed by atoms with van der Waals surface area (Å²) in [6.45, 7) is 11.6. The van der Waals surface area contributed by atoms with Crippen molar-refractivity contribution in [3.63, 3.8) is 0 Å². The molecule has 166 valence electrons. The van der Waals surface area contributed by atoms with Gasteiger partial charge in [-0.1, -0.05) is 0 Å². The van der Waals surface area contributed by atoms with Gasteiger partial charge in [-0.25, -0.2) is 0 Å². The Morgan fingerprint density at radius 1 is 0.531 bits per heavy atom. The standard InChI is InChI=1S/C26H30N4O2/c1-13-7-19(21(27)9-15(13)3)25(31)29-23-11-18(6)24(12-17(23)5)30-26(32)20-8-14(2)16(4)10-22(20)28/h7-12H,27-28H2,1-6H3,(H,29,31)(H,30,32). The molecule has 2 amide bonds. The van der Waals surface area contributed by atoms with Crippen LogP contribution in [-0.2, 0) is 0 Å². The second kappa shape index (κ2) is 8.75. The first-order valence-corrected chi connectivity index (χ1v) is 10.4. The van der Waals surface area contributed by atoms with Crippen molar-refractivity contribution in [1.82, 2.24) is 0 Å². The molecule has 32 heavy (non-hydrogen) atoms. The van der Waals surface area contributed by atoms with Crippen LogP contribution in [0.2, 0.25) is 0 Å². The molecule has 0 aliphatic carbocycles. The highest BCUT2D eigenvalue weighted by atomic mass is 16.2. The molecule has 0 saturated heterocycles. The third kappa shape index (κ3) is 4.59. The fraction of sp³-hybridized carbons (Fsp3) is 0.231. The van der Waals surface area contributed by atoms with Crippen molar-refractivity contribution in [2.24, 2.45) is 0 Å². The van der Waals surface area contributed by atoms with Crippen molar-refractivity contribution in [1.29, 1.82) is 0 Å². The molecule has 0 aliphatic heterocycles. The largest absolute Gasteiger partial charge is 0.398 e. The van der Waals surface area contributed by atoms with Gasteiger partial charge in [-0.15, -0.1) is 0 Å². The van der Waals surface area contributed by atoms with Crippen LogP contribution in [0.3, 0.4) is 0 Å². The first kappa shape index (κ1) is 22.9. The molecule has 0 radical (unpaired) electrons. The van der Waals surface area contributed by atoms with Crippen LogP contribution < -0.4 is 22.1 Å². The predicted octanol–water partition coefficient (Wildman–Crippen LogP) is 5.21. The summed E-state index contributed by atoms with van der Waals surface area (Å²) in [5, 5.41) is 5.88. The van der Waals surface area contributed by atoms with E-state index in [1.807, 2.05) is 53.7 Å². The molecule has 0 fully saturated rings. The highest BCUT2D eigenvalue weighted by molar-refractivity contribution is 6.10. The summed E-state index contributed by atoms with van der Waals surface area (Å²) >= 11 is 0. The molecule has 3 rings (SSSR count). The number of carbonyl (C=O) groups excluding carboxylic acids is 2. The van der Waals surface area contributed by atoms with Gasteiger partial charge in [-0.2, -0.15) is 0 Å². The van der Waals surface area contributed by atoms with Gasteiger partial charge < -0.3 is 22.1 Å². The first-order valence-electron chi connectivity index (χ1n) is 10.4. The van der Waals surface area contributed by atoms with E-state index in [1.54, 1.807) is 24.3 Å². The average molecular weight is 431 g/mol. The van der Waals surface area contributed by atoms with Crippen molar-refractivity contribution >= 4 is 34.6 Å². The number of hydrogen-bond donors (Lipinski definition) is 4. The number of amides is 2. The number of nitrogens with one attached hydrogen (secondary N) is 2. The molecule has 0 saturated carbocycles. The molecule has 0 atom stereocenters. The van der Waals surface area contributed by atoms with E-state index in [0.717, 1.165) is 33.4 Å². The topological polar surface area (TPSA) is 110 Å². The summed E-state index contributed by atoms with van der Waals surface area (Å²) in [5.41, 5.74) is 20.9. The Morgan fingerprint density at radius 2 is 0.844 bits per heavy atom. The minimum Gasteiger partial charge on any atom is -0.398 e. The van der Waals surface area contributed by atoms with Gasteiger partial charge >= 0.3 is 0 Å². The van der Waals surface area contributed by atoms with Crippen molar-refractivity contribution in [2.45, 2.75) is 41.5 Å². The zero-order valence-corrected chi connectivity index (χ0v) is 19.4. The van der Waals surface area contributed by atoms with Crippen LogP contribution in [0.5, 0.6) is 0 Å². The van der Waals surface area contributed by atoms with Crippen molar-refractivity contribution < 1.29 is 9.59 Å². The molecule has 3 aromatic carbocycles. The van der Waals surface area contributed by atoms with E-state index in [1.165, 1.54) is 0 Å². The number of aryl methyl sites for hydroxylation is 6. The number of anilines is 4. The van der Waals surface area contributed by atoms with Crippen LogP contribution in [0.1, 0.15) is 54.1 Å². The second-order valence-electron chi connectivity index (χ2n) is 8.44. The average Bonchev–Trinajstić information content (AvgIpc) is 2.71. The Morgan fingerprint density at radius 3 is 1.19 bits per heavy atom. The molecule has 6 heteroatoms. The Kier molecular flexibility index (Phi) is 6.25. The lowest BCUT2D eigenvalue weighted by Gasteiger charge is -2.16. The van der Waals surface area contributed by atoms with Gasteiger partial charge in [-0.05, 0) is 111 Å². The molecule has 0 unspecified atom stereocenters. The Bertz CT molecular complexity index is 1150. The smallest absolute Gasteiger partial charge is 0.257 e. The van der Waals surface area contributed by atoms with Crippen LogP contribution in [-0.4, -0.2) is 11.8 Å². The van der Waals surface area contributed by atoms with Crippen LogP contribution >= 0.6 is 0 Å². The molecule has 0 heterocycles. The van der Waals surface area contributed by atoms with Gasteiger partial charge in [0.2, 0.25) is 0 Å². The second-order valence-corrected chi connectivity index (χ2v) is 8.44. The Labute approximate surface area is 189 Å². The highest BCUT2D eigenvalue weighted by Crippen LogP contribution is 2.27. The summed E-state index contributed by atoms with van der Waals surface area (Å²) in [7, 11) is 0. The third-order valence-electron chi connectivity index (χ3n) is 5.89. The van der Waals surface area contributed by atoms with Gasteiger partial charge in [0.25, 0.3) is 11.8 Å². The molecule has 0 bridgehead atoms. The number of rotatable bonds is 4. The molecule has 0 aliphatic rings. The summed E-state index contributed by atoms with van der Waals surface area (Å²) < 4.78 is 0. The quantitative estimate of drug-likeness (QED) is 0.426. The summed E-state index contributed by atoms with van der Waals surface area (Å²) in [6.07, 6.45) is 0. The van der Waals surface area contributed by atoms with Gasteiger partial charge in [0.15, 0.2) is 0 Å². The lowest BCUT2D eigenvalue weighted by molar-refractivity contribution is 0.101. The Balaban J connectivity index is 1.84. The maximum atomic E-state index is 12.8. The lowest BCUT2D eigenvalue weighted by Crippen LogP contribution is -2.17. The molecular weight excluding hydrogens is 400 g/mol. The van der Waals surface area contributed by atoms with Crippen LogP contribution in [0, 0.1) is 41.5 Å². The first-order chi connectivity index (χ1) is 15.0. The van der Waals surface area contributed by atoms with Gasteiger partial charge in [0.05, 0.1) is 11.1 Å². The molecule has 6 nitrogen and oxygen atoms in total. The normalized spacial score (nSPS) is 10.7. The van der Waals surface area contributed by atoms with Crippen molar-refractivity contribution in [2.75, 3.05) is 22.1 Å². The van der Waals surface area contributed by atoms with E-state index in [-0.39, 0.29) is 11.8 Å². The number of hydrogen-bond acceptors (Lipinski definition) is 4. The number of nitrogen functional groups attached to an aromatic ring is 2. The molecule has 0 aromatic heterocycles. The van der Waals surface area contributed by atoms with Crippen molar-refractivity contribution in [3.8, 4) is 0 Å². The fourth-order valence-electron chi connectivity index (χ4n) is 3.54. The van der Waals surface area contributed by atoms with E-state index in [2.05, 4.69) is 10.6 Å². The number of nitrogens with two attached hydrogens (primary N) is 2. The number of carbonyl (C=O) groups is 2.